The molecule has 0 amide bonds. The van der Waals surface area contributed by atoms with Crippen LogP contribution in [0.3, 0.4) is 0 Å². The molecule has 0 aliphatic carbocycles. The van der Waals surface area contributed by atoms with Gasteiger partial charge in [-0.1, -0.05) is 6.92 Å². The molecular formula is C12H26N2O. The Bertz CT molecular complexity index is 171. The van der Waals surface area contributed by atoms with Crippen LogP contribution in [-0.4, -0.2) is 47.8 Å². The van der Waals surface area contributed by atoms with E-state index in [0.717, 1.165) is 26.1 Å². The van der Waals surface area contributed by atoms with Gasteiger partial charge in [-0.25, -0.2) is 0 Å². The number of hydrogen-bond acceptors (Lipinski definition) is 3. The second-order valence-corrected chi connectivity index (χ2v) is 5.25. The monoisotopic (exact) mass is 214 g/mol. The van der Waals surface area contributed by atoms with Crippen molar-refractivity contribution in [2.24, 2.45) is 0 Å². The molecule has 1 fully saturated rings. The van der Waals surface area contributed by atoms with Crippen LogP contribution in [0.2, 0.25) is 0 Å². The summed E-state index contributed by atoms with van der Waals surface area (Å²) in [6.45, 7) is 10.3. The Balaban J connectivity index is 2.22. The third-order valence-electron chi connectivity index (χ3n) is 3.13. The zero-order valence-electron chi connectivity index (χ0n) is 10.4. The van der Waals surface area contributed by atoms with Gasteiger partial charge in [-0.15, -0.1) is 0 Å². The van der Waals surface area contributed by atoms with E-state index in [9.17, 15) is 5.11 Å². The zero-order chi connectivity index (χ0) is 11.3. The smallest absolute Gasteiger partial charge is 0.0603 e. The number of aliphatic hydroxyl groups is 1. The highest BCUT2D eigenvalue weighted by Crippen LogP contribution is 2.11. The summed E-state index contributed by atoms with van der Waals surface area (Å²) in [6.07, 6.45) is 3.47. The third kappa shape index (κ3) is 5.50. The molecule has 1 saturated heterocycles. The first-order valence-corrected chi connectivity index (χ1v) is 6.19. The van der Waals surface area contributed by atoms with Crippen molar-refractivity contribution in [2.75, 3.05) is 26.2 Å². The molecule has 0 bridgehead atoms. The molecule has 90 valence electrons. The van der Waals surface area contributed by atoms with Gasteiger partial charge in [0, 0.05) is 19.1 Å². The Labute approximate surface area is 93.9 Å². The molecular weight excluding hydrogens is 188 g/mol. The Morgan fingerprint density at radius 2 is 2.20 bits per heavy atom. The molecule has 15 heavy (non-hydrogen) atoms. The van der Waals surface area contributed by atoms with Gasteiger partial charge in [-0.3, -0.25) is 0 Å². The first kappa shape index (κ1) is 12.9. The predicted molar refractivity (Wildman–Crippen MR) is 64.1 cm³/mol. The van der Waals surface area contributed by atoms with Crippen LogP contribution < -0.4 is 5.32 Å². The van der Waals surface area contributed by atoms with E-state index in [4.69, 9.17) is 0 Å². The molecule has 1 heterocycles. The summed E-state index contributed by atoms with van der Waals surface area (Å²) < 4.78 is 0. The van der Waals surface area contributed by atoms with E-state index in [2.05, 4.69) is 17.1 Å². The van der Waals surface area contributed by atoms with Crippen molar-refractivity contribution >= 4 is 0 Å². The van der Waals surface area contributed by atoms with Gasteiger partial charge in [0.2, 0.25) is 0 Å². The van der Waals surface area contributed by atoms with E-state index < -0.39 is 5.60 Å². The average Bonchev–Trinajstić information content (AvgIpc) is 2.63. The van der Waals surface area contributed by atoms with Gasteiger partial charge in [0.15, 0.2) is 0 Å². The highest BCUT2D eigenvalue weighted by molar-refractivity contribution is 4.78. The van der Waals surface area contributed by atoms with Gasteiger partial charge in [0.05, 0.1) is 5.60 Å². The minimum atomic E-state index is -0.531. The maximum Gasteiger partial charge on any atom is 0.0603 e. The third-order valence-corrected chi connectivity index (χ3v) is 3.13. The lowest BCUT2D eigenvalue weighted by atomic mass is 10.1. The normalized spacial score (nSPS) is 22.6. The van der Waals surface area contributed by atoms with Crippen LogP contribution in [0.1, 0.15) is 40.0 Å². The van der Waals surface area contributed by atoms with E-state index in [1.807, 2.05) is 13.8 Å². The van der Waals surface area contributed by atoms with Crippen LogP contribution >= 0.6 is 0 Å². The van der Waals surface area contributed by atoms with Crippen LogP contribution in [0.25, 0.3) is 0 Å². The maximum atomic E-state index is 9.68. The van der Waals surface area contributed by atoms with Crippen LogP contribution in [0.5, 0.6) is 0 Å². The van der Waals surface area contributed by atoms with Gasteiger partial charge < -0.3 is 15.3 Å². The van der Waals surface area contributed by atoms with Gasteiger partial charge in [-0.05, 0) is 46.2 Å². The molecule has 3 heteroatoms. The first-order valence-electron chi connectivity index (χ1n) is 6.19. The van der Waals surface area contributed by atoms with Crippen molar-refractivity contribution < 1.29 is 5.11 Å². The first-order chi connectivity index (χ1) is 7.01. The van der Waals surface area contributed by atoms with E-state index >= 15 is 0 Å². The van der Waals surface area contributed by atoms with Crippen LogP contribution in [0.4, 0.5) is 0 Å². The fraction of sp³-hybridized carbons (Fsp3) is 1.00. The minimum absolute atomic E-state index is 0.531. The summed E-state index contributed by atoms with van der Waals surface area (Å²) in [7, 11) is 0. The fourth-order valence-electron chi connectivity index (χ4n) is 2.03. The lowest BCUT2D eigenvalue weighted by molar-refractivity contribution is 0.0573. The summed E-state index contributed by atoms with van der Waals surface area (Å²) in [5.41, 5.74) is -0.531. The Hall–Kier alpha value is -0.120. The van der Waals surface area contributed by atoms with E-state index in [1.54, 1.807) is 0 Å². The van der Waals surface area contributed by atoms with Crippen LogP contribution in [0, 0.1) is 0 Å². The molecule has 0 aromatic heterocycles. The molecule has 1 aliphatic heterocycles. The van der Waals surface area contributed by atoms with Gasteiger partial charge >= 0.3 is 0 Å². The number of likely N-dealkylation sites (N-methyl/N-ethyl adjacent to an activating group) is 1. The molecule has 1 aliphatic rings. The highest BCUT2D eigenvalue weighted by Gasteiger charge is 2.19. The number of nitrogens with zero attached hydrogens (tertiary/aromatic N) is 1. The highest BCUT2D eigenvalue weighted by atomic mass is 16.3. The van der Waals surface area contributed by atoms with Crippen LogP contribution in [-0.2, 0) is 0 Å². The van der Waals surface area contributed by atoms with Gasteiger partial charge in [-0.2, -0.15) is 0 Å². The van der Waals surface area contributed by atoms with Crippen molar-refractivity contribution in [3.8, 4) is 0 Å². The molecule has 0 aromatic rings. The SMILES string of the molecule is CCN(CCC(C)(C)O)CC1CCCN1. The molecule has 0 radical (unpaired) electrons. The molecule has 1 rings (SSSR count). The summed E-state index contributed by atoms with van der Waals surface area (Å²) in [4.78, 5) is 2.43. The topological polar surface area (TPSA) is 35.5 Å². The molecule has 1 atom stereocenters. The van der Waals surface area contributed by atoms with E-state index in [-0.39, 0.29) is 0 Å². The van der Waals surface area contributed by atoms with Crippen molar-refractivity contribution in [2.45, 2.75) is 51.7 Å². The standard InChI is InChI=1S/C12H26N2O/c1-4-14(9-7-12(2,3)15)10-11-6-5-8-13-11/h11,13,15H,4-10H2,1-3H3. The molecule has 1 unspecified atom stereocenters. The second kappa shape index (κ2) is 5.83. The maximum absolute atomic E-state index is 9.68. The number of nitrogens with one attached hydrogen (secondary N) is 1. The van der Waals surface area contributed by atoms with E-state index in [1.165, 1.54) is 19.4 Å². The summed E-state index contributed by atoms with van der Waals surface area (Å²) in [6, 6.07) is 0.673. The lowest BCUT2D eigenvalue weighted by Crippen LogP contribution is -2.39. The van der Waals surface area contributed by atoms with E-state index in [0.29, 0.717) is 6.04 Å². The Kier molecular flexibility index (Phi) is 5.03. The van der Waals surface area contributed by atoms with Crippen LogP contribution in [0.15, 0.2) is 0 Å². The summed E-state index contributed by atoms with van der Waals surface area (Å²) in [5.74, 6) is 0. The lowest BCUT2D eigenvalue weighted by Gasteiger charge is -2.27. The van der Waals surface area contributed by atoms with Gasteiger partial charge in [0.25, 0.3) is 0 Å². The predicted octanol–water partition coefficient (Wildman–Crippen LogP) is 1.22. The second-order valence-electron chi connectivity index (χ2n) is 5.25. The number of hydrogen-bond donors (Lipinski definition) is 2. The molecule has 0 aromatic carbocycles. The minimum Gasteiger partial charge on any atom is -0.390 e. The molecule has 2 N–H and O–H groups in total. The summed E-state index contributed by atoms with van der Waals surface area (Å²) in [5, 5.41) is 13.2. The zero-order valence-corrected chi connectivity index (χ0v) is 10.4. The molecule has 0 spiro atoms. The van der Waals surface area contributed by atoms with Crippen molar-refractivity contribution in [1.82, 2.24) is 10.2 Å². The van der Waals surface area contributed by atoms with Crippen molar-refractivity contribution in [1.29, 1.82) is 0 Å². The van der Waals surface area contributed by atoms with Gasteiger partial charge in [0.1, 0.15) is 0 Å². The largest absolute Gasteiger partial charge is 0.390 e. The average molecular weight is 214 g/mol. The molecule has 3 nitrogen and oxygen atoms in total. The molecule has 0 saturated carbocycles. The quantitative estimate of drug-likeness (QED) is 0.698. The fourth-order valence-corrected chi connectivity index (χ4v) is 2.03. The Morgan fingerprint density at radius 1 is 1.47 bits per heavy atom. The number of rotatable bonds is 6. The summed E-state index contributed by atoms with van der Waals surface area (Å²) >= 11 is 0. The Morgan fingerprint density at radius 3 is 2.67 bits per heavy atom. The van der Waals surface area contributed by atoms with Crippen molar-refractivity contribution in [3.63, 3.8) is 0 Å². The van der Waals surface area contributed by atoms with Crippen molar-refractivity contribution in [3.05, 3.63) is 0 Å².